The van der Waals surface area contributed by atoms with Gasteiger partial charge in [0, 0.05) is 18.6 Å². The van der Waals surface area contributed by atoms with E-state index in [2.05, 4.69) is 4.74 Å². The van der Waals surface area contributed by atoms with Crippen LogP contribution in [0.4, 0.5) is 0 Å². The summed E-state index contributed by atoms with van der Waals surface area (Å²) in [6, 6.07) is 0. The van der Waals surface area contributed by atoms with Gasteiger partial charge in [-0.3, -0.25) is 0 Å². The smallest absolute Gasteiger partial charge is 0.208 e. The maximum absolute atomic E-state index is 11.8. The Hall–Kier alpha value is -0.425. The molecule has 0 aliphatic carbocycles. The van der Waals surface area contributed by atoms with Crippen LogP contribution in [-0.2, 0) is 14.3 Å². The third-order valence-corrected chi connectivity index (χ3v) is 2.65. The number of carbonyl (C=O) groups excluding carboxylic acids is 1. The number of aliphatic hydroxyl groups is 2. The van der Waals surface area contributed by atoms with E-state index in [9.17, 15) is 4.79 Å². The molecular formula is C11H23BO5. The largest absolute Gasteiger partial charge is 0.396 e. The maximum atomic E-state index is 11.8. The van der Waals surface area contributed by atoms with E-state index in [0.717, 1.165) is 0 Å². The molecule has 0 atom stereocenters. The van der Waals surface area contributed by atoms with E-state index < -0.39 is 5.41 Å². The maximum Gasteiger partial charge on any atom is 0.208 e. The lowest BCUT2D eigenvalue weighted by molar-refractivity contribution is -0.120. The molecular weight excluding hydrogens is 223 g/mol. The number of carbonyl (C=O) groups is 1. The molecule has 0 heterocycles. The highest BCUT2D eigenvalue weighted by Gasteiger charge is 2.26. The lowest BCUT2D eigenvalue weighted by atomic mass is 9.60. The molecule has 0 fully saturated rings. The molecule has 6 heteroatoms. The van der Waals surface area contributed by atoms with Gasteiger partial charge >= 0.3 is 0 Å². The van der Waals surface area contributed by atoms with E-state index in [1.165, 1.54) is 0 Å². The highest BCUT2D eigenvalue weighted by Crippen LogP contribution is 2.20. The minimum absolute atomic E-state index is 0.0355. The third-order valence-electron chi connectivity index (χ3n) is 2.65. The first-order valence-electron chi connectivity index (χ1n) is 5.95. The van der Waals surface area contributed by atoms with Crippen LogP contribution < -0.4 is 0 Å². The summed E-state index contributed by atoms with van der Waals surface area (Å²) in [5, 5.41) is 17.2. The monoisotopic (exact) mass is 246 g/mol. The lowest BCUT2D eigenvalue weighted by Crippen LogP contribution is -2.30. The summed E-state index contributed by atoms with van der Waals surface area (Å²) in [5.74, 6) is 0. The molecule has 0 bridgehead atoms. The first kappa shape index (κ1) is 16.6. The van der Waals surface area contributed by atoms with Gasteiger partial charge in [-0.15, -0.1) is 0 Å². The fraction of sp³-hybridized carbons (Fsp3) is 0.909. The van der Waals surface area contributed by atoms with E-state index in [1.807, 2.05) is 13.8 Å². The number of hydrogen-bond acceptors (Lipinski definition) is 5. The van der Waals surface area contributed by atoms with Crippen LogP contribution in [0.5, 0.6) is 0 Å². The van der Waals surface area contributed by atoms with Crippen LogP contribution in [0.1, 0.15) is 20.3 Å². The highest BCUT2D eigenvalue weighted by molar-refractivity contribution is 6.74. The van der Waals surface area contributed by atoms with Gasteiger partial charge in [-0.2, -0.15) is 0 Å². The summed E-state index contributed by atoms with van der Waals surface area (Å²) < 4.78 is 9.90. The summed E-state index contributed by atoms with van der Waals surface area (Å²) in [6.07, 6.45) is 1.17. The Morgan fingerprint density at radius 1 is 1.18 bits per heavy atom. The molecule has 0 saturated heterocycles. The highest BCUT2D eigenvalue weighted by atomic mass is 16.6. The van der Waals surface area contributed by atoms with Gasteiger partial charge in [-0.1, -0.05) is 13.8 Å². The van der Waals surface area contributed by atoms with Gasteiger partial charge in [-0.05, 0) is 12.7 Å². The van der Waals surface area contributed by atoms with Crippen LogP contribution in [-0.4, -0.2) is 56.4 Å². The first-order chi connectivity index (χ1) is 8.04. The topological polar surface area (TPSA) is 76.0 Å². The molecule has 0 amide bonds. The Bertz CT molecular complexity index is 208. The fourth-order valence-corrected chi connectivity index (χ4v) is 1.38. The molecule has 0 unspecified atom stereocenters. The predicted octanol–water partition coefficient (Wildman–Crippen LogP) is -0.241. The second-order valence-corrected chi connectivity index (χ2v) is 4.53. The van der Waals surface area contributed by atoms with E-state index in [-0.39, 0.29) is 19.1 Å². The molecule has 0 spiro atoms. The quantitative estimate of drug-likeness (QED) is 0.299. The minimum Gasteiger partial charge on any atom is -0.396 e. The van der Waals surface area contributed by atoms with Crippen LogP contribution in [0.25, 0.3) is 0 Å². The van der Waals surface area contributed by atoms with Crippen molar-refractivity contribution >= 4 is 13.0 Å². The Labute approximate surface area is 103 Å². The second kappa shape index (κ2) is 9.59. The number of aliphatic hydroxyl groups excluding tert-OH is 2. The van der Waals surface area contributed by atoms with Crippen molar-refractivity contribution in [1.82, 2.24) is 0 Å². The van der Waals surface area contributed by atoms with Gasteiger partial charge in [0.25, 0.3) is 0 Å². The Morgan fingerprint density at radius 2 is 1.82 bits per heavy atom. The van der Waals surface area contributed by atoms with Crippen molar-refractivity contribution in [3.05, 3.63) is 0 Å². The van der Waals surface area contributed by atoms with E-state index >= 15 is 0 Å². The SMILES string of the molecule is CC(C)(CCO)C(=O)BCCOCCOCO. The molecule has 0 aromatic carbocycles. The van der Waals surface area contributed by atoms with Crippen LogP contribution in [0, 0.1) is 5.41 Å². The molecule has 5 nitrogen and oxygen atoms in total. The normalized spacial score (nSPS) is 11.5. The van der Waals surface area contributed by atoms with Crippen molar-refractivity contribution in [3.63, 3.8) is 0 Å². The average Bonchev–Trinajstić information content (AvgIpc) is 2.27. The number of rotatable bonds is 11. The summed E-state index contributed by atoms with van der Waals surface area (Å²) in [7, 11) is 0.466. The summed E-state index contributed by atoms with van der Waals surface area (Å²) >= 11 is 0. The van der Waals surface area contributed by atoms with Crippen molar-refractivity contribution in [1.29, 1.82) is 0 Å². The van der Waals surface area contributed by atoms with Gasteiger partial charge in [0.2, 0.25) is 7.28 Å². The molecule has 0 aliphatic heterocycles. The van der Waals surface area contributed by atoms with Crippen LogP contribution in [0.3, 0.4) is 0 Å². The second-order valence-electron chi connectivity index (χ2n) is 4.53. The molecule has 0 saturated carbocycles. The molecule has 0 rings (SSSR count). The van der Waals surface area contributed by atoms with Crippen molar-refractivity contribution in [2.24, 2.45) is 5.41 Å². The zero-order valence-corrected chi connectivity index (χ0v) is 10.8. The molecule has 0 radical (unpaired) electrons. The Balaban J connectivity index is 3.51. The van der Waals surface area contributed by atoms with Crippen LogP contribution in [0.15, 0.2) is 0 Å². The molecule has 17 heavy (non-hydrogen) atoms. The van der Waals surface area contributed by atoms with Gasteiger partial charge in [-0.25, -0.2) is 0 Å². The summed E-state index contributed by atoms with van der Waals surface area (Å²) in [5.41, 5.74) is -0.295. The number of ether oxygens (including phenoxy) is 2. The van der Waals surface area contributed by atoms with Gasteiger partial charge in [0.15, 0.2) is 0 Å². The zero-order valence-electron chi connectivity index (χ0n) is 10.8. The lowest BCUT2D eigenvalue weighted by Gasteiger charge is -2.21. The molecule has 0 aromatic heterocycles. The number of hydrogen-bond donors (Lipinski definition) is 2. The summed E-state index contributed by atoms with van der Waals surface area (Å²) in [6.45, 7) is 4.74. The Morgan fingerprint density at radius 3 is 2.41 bits per heavy atom. The van der Waals surface area contributed by atoms with Crippen molar-refractivity contribution in [2.45, 2.75) is 26.6 Å². The third kappa shape index (κ3) is 8.32. The standard InChI is InChI=1S/C11H23BO5/c1-11(2,3-5-13)10(15)12-4-6-16-7-8-17-9-14/h12-14H,3-9H2,1-2H3. The van der Waals surface area contributed by atoms with Crippen molar-refractivity contribution in [3.8, 4) is 0 Å². The first-order valence-corrected chi connectivity index (χ1v) is 5.95. The van der Waals surface area contributed by atoms with Crippen molar-refractivity contribution < 1.29 is 24.5 Å². The zero-order chi connectivity index (χ0) is 13.1. The van der Waals surface area contributed by atoms with Crippen LogP contribution in [0.2, 0.25) is 6.32 Å². The Kier molecular flexibility index (Phi) is 9.35. The van der Waals surface area contributed by atoms with Crippen molar-refractivity contribution in [2.75, 3.05) is 33.2 Å². The molecule has 100 valence electrons. The molecule has 0 aromatic rings. The minimum atomic E-state index is -0.450. The van der Waals surface area contributed by atoms with Gasteiger partial charge in [0.1, 0.15) is 6.79 Å². The van der Waals surface area contributed by atoms with Gasteiger partial charge in [0.05, 0.1) is 18.9 Å². The van der Waals surface area contributed by atoms with E-state index in [0.29, 0.717) is 39.8 Å². The van der Waals surface area contributed by atoms with Crippen LogP contribution >= 0.6 is 0 Å². The van der Waals surface area contributed by atoms with E-state index in [1.54, 1.807) is 0 Å². The predicted molar refractivity (Wildman–Crippen MR) is 66.3 cm³/mol. The average molecular weight is 246 g/mol. The molecule has 0 aliphatic rings. The fourth-order valence-electron chi connectivity index (χ4n) is 1.38. The molecule has 2 N–H and O–H groups in total. The van der Waals surface area contributed by atoms with Gasteiger partial charge < -0.3 is 24.5 Å². The summed E-state index contributed by atoms with van der Waals surface area (Å²) in [4.78, 5) is 11.8. The van der Waals surface area contributed by atoms with E-state index in [4.69, 9.17) is 14.9 Å².